The molecule has 1 aromatic rings. The molecule has 0 aromatic carbocycles. The first-order valence-corrected chi connectivity index (χ1v) is 7.18. The molecule has 0 saturated heterocycles. The summed E-state index contributed by atoms with van der Waals surface area (Å²) in [5.74, 6) is -2.19. The number of alkyl halides is 2. The maximum Gasteiger partial charge on any atom is 0.330 e. The van der Waals surface area contributed by atoms with Gasteiger partial charge in [0.05, 0.1) is 0 Å². The molecule has 1 heterocycles. The fourth-order valence-corrected chi connectivity index (χ4v) is 2.85. The number of aromatic nitrogens is 2. The van der Waals surface area contributed by atoms with E-state index in [1.54, 1.807) is 13.8 Å². The molecule has 5 nitrogen and oxygen atoms in total. The molecule has 1 aromatic heterocycles. The number of hydrogen-bond acceptors (Lipinski definition) is 3. The summed E-state index contributed by atoms with van der Waals surface area (Å²) in [7, 11) is 0. The van der Waals surface area contributed by atoms with Crippen LogP contribution in [0.1, 0.15) is 46.1 Å². The third-order valence-corrected chi connectivity index (χ3v) is 3.75. The van der Waals surface area contributed by atoms with Crippen LogP contribution in [0.25, 0.3) is 0 Å². The number of nitrogens with zero attached hydrogens (tertiary/aromatic N) is 1. The monoisotopic (exact) mass is 301 g/mol. The Bertz CT molecular complexity index is 582. The minimum atomic E-state index is -2.52. The van der Waals surface area contributed by atoms with Crippen molar-refractivity contribution in [1.82, 2.24) is 9.55 Å². The molecular formula is C14H21F2N3O2. The van der Waals surface area contributed by atoms with Gasteiger partial charge in [-0.15, -0.1) is 0 Å². The van der Waals surface area contributed by atoms with Crippen LogP contribution < -0.4 is 16.6 Å². The van der Waals surface area contributed by atoms with Gasteiger partial charge in [-0.3, -0.25) is 14.3 Å². The van der Waals surface area contributed by atoms with Gasteiger partial charge in [0, 0.05) is 31.0 Å². The first-order valence-electron chi connectivity index (χ1n) is 7.18. The minimum absolute atomic E-state index is 0.00902. The van der Waals surface area contributed by atoms with Crippen molar-refractivity contribution in [1.29, 1.82) is 0 Å². The van der Waals surface area contributed by atoms with Gasteiger partial charge in [0.2, 0.25) is 5.92 Å². The van der Waals surface area contributed by atoms with E-state index in [-0.39, 0.29) is 36.4 Å². The molecule has 2 N–H and O–H groups in total. The summed E-state index contributed by atoms with van der Waals surface area (Å²) in [5.41, 5.74) is -0.846. The van der Waals surface area contributed by atoms with Crippen LogP contribution in [-0.2, 0) is 0 Å². The lowest BCUT2D eigenvalue weighted by Crippen LogP contribution is -2.39. The van der Waals surface area contributed by atoms with Crippen molar-refractivity contribution in [2.45, 2.75) is 58.0 Å². The van der Waals surface area contributed by atoms with E-state index in [0.29, 0.717) is 12.2 Å². The Morgan fingerprint density at radius 3 is 2.48 bits per heavy atom. The van der Waals surface area contributed by atoms with Gasteiger partial charge < -0.3 is 5.32 Å². The molecule has 21 heavy (non-hydrogen) atoms. The SMILES string of the molecule is CC(CC1CC(F)(F)C1)Nc1cc(=O)n(C(C)C)c(=O)[nH]1. The molecule has 0 bridgehead atoms. The number of anilines is 1. The maximum atomic E-state index is 12.8. The lowest BCUT2D eigenvalue weighted by atomic mass is 9.78. The summed E-state index contributed by atoms with van der Waals surface area (Å²) in [6.45, 7) is 5.36. The zero-order chi connectivity index (χ0) is 15.8. The van der Waals surface area contributed by atoms with Gasteiger partial charge in [-0.2, -0.15) is 0 Å². The summed E-state index contributed by atoms with van der Waals surface area (Å²) >= 11 is 0. The van der Waals surface area contributed by atoms with Crippen molar-refractivity contribution in [3.63, 3.8) is 0 Å². The van der Waals surface area contributed by atoms with Crippen molar-refractivity contribution >= 4 is 5.82 Å². The fourth-order valence-electron chi connectivity index (χ4n) is 2.85. The van der Waals surface area contributed by atoms with Crippen LogP contribution in [0, 0.1) is 5.92 Å². The molecule has 118 valence electrons. The normalized spacial score (nSPS) is 19.3. The van der Waals surface area contributed by atoms with Crippen molar-refractivity contribution in [2.24, 2.45) is 5.92 Å². The highest BCUT2D eigenvalue weighted by Gasteiger charge is 2.45. The van der Waals surface area contributed by atoms with Gasteiger partial charge in [0.25, 0.3) is 5.56 Å². The van der Waals surface area contributed by atoms with Gasteiger partial charge in [0.15, 0.2) is 0 Å². The summed E-state index contributed by atoms with van der Waals surface area (Å²) in [4.78, 5) is 26.3. The molecule has 0 spiro atoms. The van der Waals surface area contributed by atoms with Gasteiger partial charge in [-0.05, 0) is 33.1 Å². The Labute approximate surface area is 121 Å². The van der Waals surface area contributed by atoms with E-state index in [4.69, 9.17) is 0 Å². The van der Waals surface area contributed by atoms with Gasteiger partial charge in [0.1, 0.15) is 5.82 Å². The first-order chi connectivity index (χ1) is 9.68. The lowest BCUT2D eigenvalue weighted by molar-refractivity contribution is -0.112. The second kappa shape index (κ2) is 5.61. The summed E-state index contributed by atoms with van der Waals surface area (Å²) in [6.07, 6.45) is 0.430. The summed E-state index contributed by atoms with van der Waals surface area (Å²) in [6, 6.07) is 1.02. The number of halogens is 2. The Morgan fingerprint density at radius 1 is 1.38 bits per heavy atom. The topological polar surface area (TPSA) is 66.9 Å². The molecule has 1 fully saturated rings. The fraction of sp³-hybridized carbons (Fsp3) is 0.714. The van der Waals surface area contributed by atoms with E-state index in [0.717, 1.165) is 4.57 Å². The van der Waals surface area contributed by atoms with Crippen LogP contribution in [0.4, 0.5) is 14.6 Å². The number of H-pyrrole nitrogens is 1. The highest BCUT2D eigenvalue weighted by molar-refractivity contribution is 5.33. The quantitative estimate of drug-likeness (QED) is 0.877. The molecule has 1 saturated carbocycles. The zero-order valence-corrected chi connectivity index (χ0v) is 12.5. The summed E-state index contributed by atoms with van der Waals surface area (Å²) < 4.78 is 26.7. The molecule has 7 heteroatoms. The number of hydrogen-bond donors (Lipinski definition) is 2. The molecule has 1 aliphatic carbocycles. The molecule has 0 aliphatic heterocycles. The second-order valence-electron chi connectivity index (χ2n) is 6.20. The van der Waals surface area contributed by atoms with Crippen LogP contribution in [0.15, 0.2) is 15.7 Å². The molecule has 2 rings (SSSR count). The van der Waals surface area contributed by atoms with Crippen LogP contribution >= 0.6 is 0 Å². The molecule has 0 radical (unpaired) electrons. The predicted octanol–water partition coefficient (Wildman–Crippen LogP) is 2.35. The highest BCUT2D eigenvalue weighted by atomic mass is 19.3. The van der Waals surface area contributed by atoms with Crippen molar-refractivity contribution in [2.75, 3.05) is 5.32 Å². The van der Waals surface area contributed by atoms with E-state index in [1.807, 2.05) is 6.92 Å². The van der Waals surface area contributed by atoms with Crippen LogP contribution in [0.2, 0.25) is 0 Å². The van der Waals surface area contributed by atoms with E-state index in [9.17, 15) is 18.4 Å². The standard InChI is InChI=1S/C14H21F2N3O2/c1-8(2)19-12(20)5-11(18-13(19)21)17-9(3)4-10-6-14(15,16)7-10/h5,8-10,17H,4,6-7H2,1-3H3,(H,18,21). The Balaban J connectivity index is 2.00. The highest BCUT2D eigenvalue weighted by Crippen LogP contribution is 2.44. The smallest absolute Gasteiger partial charge is 0.330 e. The van der Waals surface area contributed by atoms with Crippen molar-refractivity contribution in [3.05, 3.63) is 26.9 Å². The molecule has 1 unspecified atom stereocenters. The Kier molecular flexibility index (Phi) is 4.20. The predicted molar refractivity (Wildman–Crippen MR) is 77.1 cm³/mol. The van der Waals surface area contributed by atoms with E-state index in [1.165, 1.54) is 6.07 Å². The Morgan fingerprint density at radius 2 is 2.00 bits per heavy atom. The van der Waals surface area contributed by atoms with Crippen LogP contribution in [0.5, 0.6) is 0 Å². The van der Waals surface area contributed by atoms with E-state index < -0.39 is 11.6 Å². The van der Waals surface area contributed by atoms with Gasteiger partial charge in [-0.25, -0.2) is 13.6 Å². The second-order valence-corrected chi connectivity index (χ2v) is 6.20. The molecule has 1 atom stereocenters. The third-order valence-electron chi connectivity index (χ3n) is 3.75. The minimum Gasteiger partial charge on any atom is -0.369 e. The number of aromatic amines is 1. The largest absolute Gasteiger partial charge is 0.369 e. The van der Waals surface area contributed by atoms with Gasteiger partial charge >= 0.3 is 5.69 Å². The maximum absolute atomic E-state index is 12.8. The van der Waals surface area contributed by atoms with E-state index in [2.05, 4.69) is 10.3 Å². The van der Waals surface area contributed by atoms with Crippen LogP contribution in [-0.4, -0.2) is 21.5 Å². The van der Waals surface area contributed by atoms with Crippen molar-refractivity contribution in [3.8, 4) is 0 Å². The third kappa shape index (κ3) is 3.71. The lowest BCUT2D eigenvalue weighted by Gasteiger charge is -2.36. The average Bonchev–Trinajstić information content (AvgIpc) is 2.23. The Hall–Kier alpha value is -1.66. The van der Waals surface area contributed by atoms with Crippen LogP contribution in [0.3, 0.4) is 0 Å². The van der Waals surface area contributed by atoms with Crippen molar-refractivity contribution < 1.29 is 8.78 Å². The molecular weight excluding hydrogens is 280 g/mol. The molecule has 0 amide bonds. The first kappa shape index (κ1) is 15.7. The summed E-state index contributed by atoms with van der Waals surface area (Å²) in [5, 5.41) is 3.00. The zero-order valence-electron chi connectivity index (χ0n) is 12.5. The number of nitrogens with one attached hydrogen (secondary N) is 2. The number of rotatable bonds is 5. The van der Waals surface area contributed by atoms with E-state index >= 15 is 0 Å². The molecule has 1 aliphatic rings. The average molecular weight is 301 g/mol. The van der Waals surface area contributed by atoms with Gasteiger partial charge in [-0.1, -0.05) is 0 Å².